The van der Waals surface area contributed by atoms with Gasteiger partial charge in [-0.25, -0.2) is 9.59 Å². The number of hydrogen-bond donors (Lipinski definition) is 6. The molecule has 6 heterocycles. The van der Waals surface area contributed by atoms with E-state index in [0.717, 1.165) is 70.2 Å². The van der Waals surface area contributed by atoms with Gasteiger partial charge < -0.3 is 71.3 Å². The third-order valence-electron chi connectivity index (χ3n) is 9.45. The number of aromatic nitrogens is 4. The smallest absolute Gasteiger partial charge is 0.543 e. The van der Waals surface area contributed by atoms with E-state index in [4.69, 9.17) is 30.6 Å². The maximum absolute atomic E-state index is 13.0. The molecule has 4 aliphatic rings. The number of nitrogen functional groups attached to an aromatic ring is 2. The van der Waals surface area contributed by atoms with Gasteiger partial charge in [0.1, 0.15) is 36.0 Å². The number of ether oxygens (including phenoxy) is 2. The fourth-order valence-corrected chi connectivity index (χ4v) is 9.31. The summed E-state index contributed by atoms with van der Waals surface area (Å²) in [5.41, 5.74) is 5.92. The molecular formula is C36H38N12Na2O18S4. The number of nitrogens with zero attached hydrogens (tertiary/aromatic N) is 8. The van der Waals surface area contributed by atoms with Gasteiger partial charge in [0, 0.05) is 59.6 Å². The van der Waals surface area contributed by atoms with Gasteiger partial charge in [-0.05, 0) is 27.7 Å². The predicted octanol–water partition coefficient (Wildman–Crippen LogP) is -10.6. The zero-order valence-corrected chi connectivity index (χ0v) is 46.2. The number of aliphatic carboxylic acids is 4. The van der Waals surface area contributed by atoms with Crippen molar-refractivity contribution in [2.24, 2.45) is 10.3 Å². The number of oxime groups is 2. The van der Waals surface area contributed by atoms with Gasteiger partial charge >= 0.3 is 83.0 Å². The van der Waals surface area contributed by atoms with Crippen molar-refractivity contribution in [1.29, 1.82) is 0 Å². The number of carbonyl (C=O) groups excluding carboxylic acids is 8. The Bertz CT molecular complexity index is 2510. The molecule has 30 nitrogen and oxygen atoms in total. The van der Waals surface area contributed by atoms with E-state index in [0.29, 0.717) is 0 Å². The van der Waals surface area contributed by atoms with E-state index in [-0.39, 0.29) is 117 Å². The number of β-lactam (4-membered cyclic amide) rings is 2. The molecule has 0 radical (unpaired) electrons. The van der Waals surface area contributed by atoms with Crippen LogP contribution in [-0.2, 0) is 67.1 Å². The number of hydrogen-bond acceptors (Lipinski definition) is 28. The second kappa shape index (κ2) is 25.0. The minimum absolute atomic E-state index is 0. The molecule has 8 N–H and O–H groups in total. The van der Waals surface area contributed by atoms with Crippen LogP contribution in [0, 0.1) is 0 Å². The monoisotopic (exact) mass is 1100 g/mol. The SMILES string of the molecule is CC(=O)OCC1=C(C(=O)[O-])N2C(=O)[C@@H](NC(=O)/C(=N\OC(C)(C)C(=O)O)c3nsc(N)n3)[C@@H]2SC1.CC(=O)OCC1=C(C(=O)[O-])N2C(=O)[C@@H](NC(=O)/C(=N\OC(C)(C)C(=O)O)c3nsc(N)n3)[C@@H]2SC1.[Na+].[Na+]. The van der Waals surface area contributed by atoms with Gasteiger partial charge in [0.05, 0.1) is 23.3 Å². The number of nitrogens with one attached hydrogen (secondary N) is 2. The number of esters is 2. The third-order valence-corrected chi connectivity index (χ3v) is 13.2. The van der Waals surface area contributed by atoms with Gasteiger partial charge in [-0.2, -0.15) is 18.7 Å². The molecule has 2 fully saturated rings. The molecule has 0 spiro atoms. The van der Waals surface area contributed by atoms with E-state index in [2.05, 4.69) is 39.7 Å². The summed E-state index contributed by atoms with van der Waals surface area (Å²) in [7, 11) is 0. The van der Waals surface area contributed by atoms with Crippen LogP contribution in [0.1, 0.15) is 53.2 Å². The summed E-state index contributed by atoms with van der Waals surface area (Å²) >= 11 is 3.76. The average Bonchev–Trinajstić information content (AvgIpc) is 3.92. The third kappa shape index (κ3) is 14.0. The standard InChI is InChI=1S/2C18H20N6O9S2.2Na/c2*1-6(25)32-4-7-5-34-14-9(13(27)24(14)10(7)15(28)29)20-12(26)8(11-21-17(19)35-23-11)22-33-18(2,3)16(30)31;;/h2*9,14H,4-5H2,1-3H3,(H,20,26)(H,28,29)(H,30,31)(H2,19,21,23);;/q;;2*+1/p-2/b2*22-8-;;/t2*9-,14+;;/m11../s1. The zero-order valence-electron chi connectivity index (χ0n) is 38.9. The van der Waals surface area contributed by atoms with Crippen LogP contribution in [0.5, 0.6) is 0 Å². The Balaban J connectivity index is 0.000000370. The van der Waals surface area contributed by atoms with E-state index in [1.54, 1.807) is 0 Å². The van der Waals surface area contributed by atoms with E-state index in [9.17, 15) is 68.4 Å². The van der Waals surface area contributed by atoms with Gasteiger partial charge in [0.15, 0.2) is 10.3 Å². The molecule has 36 heteroatoms. The first-order valence-electron chi connectivity index (χ1n) is 19.5. The van der Waals surface area contributed by atoms with Crippen LogP contribution in [-0.4, -0.2) is 168 Å². The van der Waals surface area contributed by atoms with Gasteiger partial charge in [0.25, 0.3) is 23.6 Å². The summed E-state index contributed by atoms with van der Waals surface area (Å²) in [6.45, 7) is 6.45. The topological polar surface area (TPSA) is 453 Å². The quantitative estimate of drug-likeness (QED) is 0.0265. The Labute approximate surface area is 466 Å². The van der Waals surface area contributed by atoms with Crippen molar-refractivity contribution < 1.29 is 147 Å². The van der Waals surface area contributed by atoms with Crippen molar-refractivity contribution >= 4 is 128 Å². The minimum atomic E-state index is -1.80. The summed E-state index contributed by atoms with van der Waals surface area (Å²) in [5.74, 6) is -11.0. The number of carboxylic acids is 4. The van der Waals surface area contributed by atoms with E-state index in [1.807, 2.05) is 0 Å². The maximum Gasteiger partial charge on any atom is 1.00 e. The van der Waals surface area contributed by atoms with Crippen LogP contribution < -0.4 is 91.4 Å². The Morgan fingerprint density at radius 1 is 0.681 bits per heavy atom. The van der Waals surface area contributed by atoms with Crippen LogP contribution in [0.2, 0.25) is 0 Å². The fourth-order valence-electron chi connectivity index (χ4n) is 5.79. The molecule has 4 atom stereocenters. The van der Waals surface area contributed by atoms with Gasteiger partial charge in [-0.15, -0.1) is 23.5 Å². The Morgan fingerprint density at radius 3 is 1.28 bits per heavy atom. The second-order valence-corrected chi connectivity index (χ2v) is 19.1. The molecule has 2 aromatic heterocycles. The van der Waals surface area contributed by atoms with Crippen molar-refractivity contribution in [2.45, 2.75) is 75.6 Å². The molecule has 2 saturated heterocycles. The number of anilines is 2. The second-order valence-electron chi connectivity index (χ2n) is 15.4. The molecule has 0 aliphatic carbocycles. The summed E-state index contributed by atoms with van der Waals surface area (Å²) in [6.07, 6.45) is 0. The maximum atomic E-state index is 13.0. The van der Waals surface area contributed by atoms with Crippen molar-refractivity contribution in [1.82, 2.24) is 39.1 Å². The molecule has 0 unspecified atom stereocenters. The van der Waals surface area contributed by atoms with Crippen molar-refractivity contribution in [3.8, 4) is 0 Å². The summed E-state index contributed by atoms with van der Waals surface area (Å²) in [6, 6.07) is -2.32. The summed E-state index contributed by atoms with van der Waals surface area (Å²) in [5, 5.41) is 52.2. The number of thioether (sulfide) groups is 2. The van der Waals surface area contributed by atoms with E-state index in [1.165, 1.54) is 27.7 Å². The average molecular weight is 1100 g/mol. The Hall–Kier alpha value is -5.46. The molecule has 4 aliphatic heterocycles. The van der Waals surface area contributed by atoms with Crippen molar-refractivity contribution in [3.05, 3.63) is 34.2 Å². The molecule has 2 aromatic rings. The number of carbonyl (C=O) groups is 10. The summed E-state index contributed by atoms with van der Waals surface area (Å²) < 4.78 is 17.4. The molecule has 0 saturated carbocycles. The first kappa shape index (κ1) is 60.8. The van der Waals surface area contributed by atoms with Crippen LogP contribution in [0.3, 0.4) is 0 Å². The minimum Gasteiger partial charge on any atom is -0.543 e. The van der Waals surface area contributed by atoms with Crippen LogP contribution >= 0.6 is 46.6 Å². The summed E-state index contributed by atoms with van der Waals surface area (Å²) in [4.78, 5) is 139. The number of nitrogens with two attached hydrogens (primary N) is 2. The van der Waals surface area contributed by atoms with Crippen LogP contribution in [0.4, 0.5) is 10.3 Å². The molecular weight excluding hydrogens is 1060 g/mol. The molecule has 376 valence electrons. The van der Waals surface area contributed by atoms with Gasteiger partial charge in [-0.3, -0.25) is 38.6 Å². The normalized spacial score (nSPS) is 19.5. The molecule has 0 aromatic carbocycles. The predicted molar refractivity (Wildman–Crippen MR) is 235 cm³/mol. The fraction of sp³-hybridized carbons (Fsp3) is 0.444. The van der Waals surface area contributed by atoms with E-state index < -0.39 is 116 Å². The number of fused-ring (bicyclic) bond motifs is 2. The van der Waals surface area contributed by atoms with Crippen LogP contribution in [0.25, 0.3) is 0 Å². The molecule has 72 heavy (non-hydrogen) atoms. The largest absolute Gasteiger partial charge is 1.00 e. The first-order chi connectivity index (χ1) is 32.7. The van der Waals surface area contributed by atoms with Gasteiger partial charge in [0.2, 0.25) is 34.3 Å². The van der Waals surface area contributed by atoms with E-state index >= 15 is 0 Å². The number of rotatable bonds is 18. The molecule has 4 amide bonds. The zero-order chi connectivity index (χ0) is 52.2. The van der Waals surface area contributed by atoms with Crippen LogP contribution in [0.15, 0.2) is 32.9 Å². The number of carboxylic acid groups (broad SMARTS) is 4. The van der Waals surface area contributed by atoms with Gasteiger partial charge in [-0.1, -0.05) is 10.3 Å². The Kier molecular flexibility index (Phi) is 21.1. The molecule has 6 rings (SSSR count). The first-order valence-corrected chi connectivity index (χ1v) is 23.1. The molecule has 0 bridgehead atoms. The van der Waals surface area contributed by atoms with Crippen molar-refractivity contribution in [3.63, 3.8) is 0 Å². The number of amides is 4. The Morgan fingerprint density at radius 2 is 1.01 bits per heavy atom. The van der Waals surface area contributed by atoms with Crippen molar-refractivity contribution in [2.75, 3.05) is 36.2 Å².